The number of benzene rings is 2. The third-order valence-electron chi connectivity index (χ3n) is 5.32. The van der Waals surface area contributed by atoms with Gasteiger partial charge in [0, 0.05) is 19.5 Å². The summed E-state index contributed by atoms with van der Waals surface area (Å²) in [4.78, 5) is 18.5. The Bertz CT molecular complexity index is 1080. The molecule has 0 N–H and O–H groups in total. The third-order valence-corrected chi connectivity index (χ3v) is 5.32. The summed E-state index contributed by atoms with van der Waals surface area (Å²) in [5.74, 6) is -0.725. The molecule has 2 aromatic carbocycles. The SMILES string of the molecule is O=C(c1ccccc1C(F)(F)F)N1CCC[C@H](Cc2nc(-c3ccccc3F)no2)C1. The van der Waals surface area contributed by atoms with Crippen LogP contribution in [-0.2, 0) is 12.6 Å². The van der Waals surface area contributed by atoms with Gasteiger partial charge in [-0.15, -0.1) is 0 Å². The van der Waals surface area contributed by atoms with Gasteiger partial charge in [0.1, 0.15) is 5.82 Å². The zero-order valence-corrected chi connectivity index (χ0v) is 16.4. The van der Waals surface area contributed by atoms with Crippen molar-refractivity contribution in [2.45, 2.75) is 25.4 Å². The van der Waals surface area contributed by atoms with Crippen LogP contribution in [0.2, 0.25) is 0 Å². The molecule has 1 atom stereocenters. The molecule has 1 saturated heterocycles. The number of piperidine rings is 1. The van der Waals surface area contributed by atoms with Gasteiger partial charge in [-0.2, -0.15) is 18.2 Å². The average molecular weight is 433 g/mol. The molecule has 0 unspecified atom stereocenters. The second kappa shape index (κ2) is 8.49. The van der Waals surface area contributed by atoms with E-state index in [0.29, 0.717) is 25.3 Å². The molecule has 31 heavy (non-hydrogen) atoms. The number of hydrogen-bond donors (Lipinski definition) is 0. The topological polar surface area (TPSA) is 59.2 Å². The van der Waals surface area contributed by atoms with E-state index in [4.69, 9.17) is 4.52 Å². The van der Waals surface area contributed by atoms with E-state index < -0.39 is 23.5 Å². The average Bonchev–Trinajstić information content (AvgIpc) is 3.21. The molecular weight excluding hydrogens is 414 g/mol. The first-order valence-corrected chi connectivity index (χ1v) is 9.86. The van der Waals surface area contributed by atoms with Gasteiger partial charge in [-0.1, -0.05) is 29.4 Å². The van der Waals surface area contributed by atoms with Crippen LogP contribution < -0.4 is 0 Å². The number of nitrogens with zero attached hydrogens (tertiary/aromatic N) is 3. The van der Waals surface area contributed by atoms with E-state index in [0.717, 1.165) is 12.5 Å². The summed E-state index contributed by atoms with van der Waals surface area (Å²) in [6, 6.07) is 10.9. The molecule has 3 aromatic rings. The maximum Gasteiger partial charge on any atom is 0.417 e. The summed E-state index contributed by atoms with van der Waals surface area (Å²) in [6.45, 7) is 0.661. The van der Waals surface area contributed by atoms with Crippen LogP contribution >= 0.6 is 0 Å². The molecular formula is C22H19F4N3O2. The quantitative estimate of drug-likeness (QED) is 0.544. The van der Waals surface area contributed by atoms with Crippen molar-refractivity contribution in [2.24, 2.45) is 5.92 Å². The van der Waals surface area contributed by atoms with E-state index in [-0.39, 0.29) is 29.4 Å². The summed E-state index contributed by atoms with van der Waals surface area (Å²) in [5.41, 5.74) is -1.06. The highest BCUT2D eigenvalue weighted by Gasteiger charge is 2.36. The largest absolute Gasteiger partial charge is 0.417 e. The lowest BCUT2D eigenvalue weighted by Gasteiger charge is -2.32. The molecule has 9 heteroatoms. The zero-order valence-electron chi connectivity index (χ0n) is 16.4. The first-order chi connectivity index (χ1) is 14.8. The van der Waals surface area contributed by atoms with E-state index >= 15 is 0 Å². The predicted octanol–water partition coefficient (Wildman–Crippen LogP) is 4.99. The van der Waals surface area contributed by atoms with Crippen LogP contribution in [0, 0.1) is 11.7 Å². The fourth-order valence-electron chi connectivity index (χ4n) is 3.84. The van der Waals surface area contributed by atoms with E-state index in [2.05, 4.69) is 10.1 Å². The Labute approximate surface area is 175 Å². The molecule has 0 radical (unpaired) electrons. The van der Waals surface area contributed by atoms with Crippen LogP contribution in [0.4, 0.5) is 17.6 Å². The number of rotatable bonds is 4. The smallest absolute Gasteiger partial charge is 0.339 e. The Morgan fingerprint density at radius 1 is 1.13 bits per heavy atom. The highest BCUT2D eigenvalue weighted by atomic mass is 19.4. The highest BCUT2D eigenvalue weighted by Crippen LogP contribution is 2.33. The fourth-order valence-corrected chi connectivity index (χ4v) is 3.84. The van der Waals surface area contributed by atoms with Gasteiger partial charge in [0.2, 0.25) is 11.7 Å². The van der Waals surface area contributed by atoms with Crippen LogP contribution in [0.1, 0.15) is 34.7 Å². The summed E-state index contributed by atoms with van der Waals surface area (Å²) >= 11 is 0. The number of amides is 1. The maximum atomic E-state index is 13.9. The number of alkyl halides is 3. The van der Waals surface area contributed by atoms with Gasteiger partial charge < -0.3 is 9.42 Å². The fraction of sp³-hybridized carbons (Fsp3) is 0.318. The summed E-state index contributed by atoms with van der Waals surface area (Å²) in [5, 5.41) is 3.82. The van der Waals surface area contributed by atoms with Crippen molar-refractivity contribution in [3.8, 4) is 11.4 Å². The number of carbonyl (C=O) groups excluding carboxylic acids is 1. The van der Waals surface area contributed by atoms with E-state index in [1.165, 1.54) is 29.2 Å². The Balaban J connectivity index is 1.47. The lowest BCUT2D eigenvalue weighted by atomic mass is 9.93. The molecule has 162 valence electrons. The molecule has 1 aliphatic rings. The van der Waals surface area contributed by atoms with E-state index in [9.17, 15) is 22.4 Å². The van der Waals surface area contributed by atoms with E-state index in [1.54, 1.807) is 18.2 Å². The third kappa shape index (κ3) is 4.60. The molecule has 1 aliphatic heterocycles. The van der Waals surface area contributed by atoms with Gasteiger partial charge in [-0.3, -0.25) is 4.79 Å². The molecule has 1 amide bonds. The van der Waals surface area contributed by atoms with Crippen molar-refractivity contribution in [3.05, 3.63) is 71.4 Å². The van der Waals surface area contributed by atoms with Crippen LogP contribution in [0.5, 0.6) is 0 Å². The molecule has 0 bridgehead atoms. The number of likely N-dealkylation sites (tertiary alicyclic amines) is 1. The van der Waals surface area contributed by atoms with Crippen molar-refractivity contribution >= 4 is 5.91 Å². The first-order valence-electron chi connectivity index (χ1n) is 9.86. The zero-order chi connectivity index (χ0) is 22.0. The molecule has 2 heterocycles. The van der Waals surface area contributed by atoms with Crippen molar-refractivity contribution in [1.29, 1.82) is 0 Å². The Morgan fingerprint density at radius 3 is 2.65 bits per heavy atom. The molecule has 4 rings (SSSR count). The minimum Gasteiger partial charge on any atom is -0.339 e. The molecule has 0 spiro atoms. The van der Waals surface area contributed by atoms with Gasteiger partial charge >= 0.3 is 6.18 Å². The van der Waals surface area contributed by atoms with Crippen molar-refractivity contribution in [3.63, 3.8) is 0 Å². The molecule has 1 aromatic heterocycles. The van der Waals surface area contributed by atoms with Crippen LogP contribution in [-0.4, -0.2) is 34.0 Å². The Hall–Kier alpha value is -3.23. The van der Waals surface area contributed by atoms with Gasteiger partial charge in [0.15, 0.2) is 0 Å². The monoisotopic (exact) mass is 433 g/mol. The number of aromatic nitrogens is 2. The minimum absolute atomic E-state index is 0.0512. The van der Waals surface area contributed by atoms with Crippen molar-refractivity contribution in [2.75, 3.05) is 13.1 Å². The summed E-state index contributed by atoms with van der Waals surface area (Å²) in [6.07, 6.45) is -2.83. The lowest BCUT2D eigenvalue weighted by Crippen LogP contribution is -2.41. The second-order valence-electron chi connectivity index (χ2n) is 7.50. The first kappa shape index (κ1) is 21.0. The molecule has 0 aliphatic carbocycles. The highest BCUT2D eigenvalue weighted by molar-refractivity contribution is 5.96. The molecule has 5 nitrogen and oxygen atoms in total. The van der Waals surface area contributed by atoms with Gasteiger partial charge in [-0.25, -0.2) is 4.39 Å². The normalized spacial score (nSPS) is 17.0. The molecule has 1 fully saturated rings. The number of halogens is 4. The Morgan fingerprint density at radius 2 is 1.87 bits per heavy atom. The van der Waals surface area contributed by atoms with Crippen molar-refractivity contribution < 1.29 is 26.9 Å². The van der Waals surface area contributed by atoms with Gasteiger partial charge in [0.25, 0.3) is 5.91 Å². The minimum atomic E-state index is -4.60. The van der Waals surface area contributed by atoms with Crippen molar-refractivity contribution in [1.82, 2.24) is 15.0 Å². The van der Waals surface area contributed by atoms with Crippen LogP contribution in [0.3, 0.4) is 0 Å². The van der Waals surface area contributed by atoms with Crippen LogP contribution in [0.25, 0.3) is 11.4 Å². The summed E-state index contributed by atoms with van der Waals surface area (Å²) < 4.78 is 59.0. The van der Waals surface area contributed by atoms with Crippen LogP contribution in [0.15, 0.2) is 53.1 Å². The lowest BCUT2D eigenvalue weighted by molar-refractivity contribution is -0.138. The van der Waals surface area contributed by atoms with Gasteiger partial charge in [0.05, 0.1) is 16.7 Å². The van der Waals surface area contributed by atoms with Gasteiger partial charge in [-0.05, 0) is 43.0 Å². The Kier molecular flexibility index (Phi) is 5.75. The predicted molar refractivity (Wildman–Crippen MR) is 103 cm³/mol. The maximum absolute atomic E-state index is 13.9. The second-order valence-corrected chi connectivity index (χ2v) is 7.50. The standard InChI is InChI=1S/C22H19F4N3O2/c23-18-10-4-2-8-16(18)20-27-19(31-28-20)12-14-6-5-11-29(13-14)21(30)15-7-1-3-9-17(15)22(24,25)26/h1-4,7-10,14H,5-6,11-13H2/t14-/m1/s1. The molecule has 0 saturated carbocycles. The summed E-state index contributed by atoms with van der Waals surface area (Å²) in [7, 11) is 0. The number of hydrogen-bond acceptors (Lipinski definition) is 4. The number of carbonyl (C=O) groups is 1. The van der Waals surface area contributed by atoms with E-state index in [1.807, 2.05) is 0 Å².